The highest BCUT2D eigenvalue weighted by atomic mass is 19.3. The molecule has 0 spiro atoms. The number of ether oxygens (including phenoxy) is 1. The molecule has 2 aliphatic rings. The molecule has 2 fully saturated rings. The van der Waals surface area contributed by atoms with Crippen LogP contribution in [0.25, 0.3) is 0 Å². The number of piperidine rings is 1. The van der Waals surface area contributed by atoms with E-state index in [1.165, 1.54) is 17.0 Å². The first-order valence-corrected chi connectivity index (χ1v) is 12.8. The Bertz CT molecular complexity index is 1050. The highest BCUT2D eigenvalue weighted by Gasteiger charge is 2.52. The van der Waals surface area contributed by atoms with Crippen LogP contribution >= 0.6 is 0 Å². The number of benzene rings is 2. The standard InChI is InChI=1S/C28H34F3N3O3/c1-37-23-12-7-19(8-13-23)9-14-25(35)34(22-16-28(30,31)17-22)26(24-4-2-3-15-32-24)27(36)33-18-20-5-10-21(29)11-6-20/h5-8,10-13,22,24,26,32H,2-4,9,14-18H2,1H3,(H,33,36). The molecule has 0 bridgehead atoms. The molecule has 2 unspecified atom stereocenters. The second-order valence-corrected chi connectivity index (χ2v) is 9.91. The molecule has 9 heteroatoms. The number of rotatable bonds is 10. The fourth-order valence-corrected chi connectivity index (χ4v) is 5.13. The Kier molecular flexibility index (Phi) is 8.74. The number of carbonyl (C=O) groups is 2. The van der Waals surface area contributed by atoms with Gasteiger partial charge in [0, 0.05) is 37.9 Å². The van der Waals surface area contributed by atoms with E-state index in [0.717, 1.165) is 18.4 Å². The maximum atomic E-state index is 13.9. The summed E-state index contributed by atoms with van der Waals surface area (Å²) in [7, 11) is 1.57. The van der Waals surface area contributed by atoms with Crippen LogP contribution in [-0.4, -0.2) is 54.4 Å². The quantitative estimate of drug-likeness (QED) is 0.495. The van der Waals surface area contributed by atoms with Gasteiger partial charge in [0.25, 0.3) is 5.92 Å². The lowest BCUT2D eigenvalue weighted by Gasteiger charge is -2.48. The predicted molar refractivity (Wildman–Crippen MR) is 134 cm³/mol. The first-order valence-electron chi connectivity index (χ1n) is 12.8. The van der Waals surface area contributed by atoms with Crippen molar-refractivity contribution >= 4 is 11.8 Å². The summed E-state index contributed by atoms with van der Waals surface area (Å²) in [6, 6.07) is 11.2. The fraction of sp³-hybridized carbons (Fsp3) is 0.500. The predicted octanol–water partition coefficient (Wildman–Crippen LogP) is 4.22. The average Bonchev–Trinajstić information content (AvgIpc) is 2.89. The van der Waals surface area contributed by atoms with Gasteiger partial charge in [0.05, 0.1) is 7.11 Å². The van der Waals surface area contributed by atoms with Gasteiger partial charge in [-0.05, 0) is 61.2 Å². The number of halogens is 3. The van der Waals surface area contributed by atoms with E-state index < -0.39 is 36.8 Å². The van der Waals surface area contributed by atoms with Crippen LogP contribution in [-0.2, 0) is 22.6 Å². The molecule has 0 radical (unpaired) electrons. The number of hydrogen-bond donors (Lipinski definition) is 2. The summed E-state index contributed by atoms with van der Waals surface area (Å²) in [5.74, 6) is -3.22. The highest BCUT2D eigenvalue weighted by molar-refractivity contribution is 5.89. The summed E-state index contributed by atoms with van der Waals surface area (Å²) in [5.41, 5.74) is 1.62. The van der Waals surface area contributed by atoms with E-state index in [1.54, 1.807) is 19.2 Å². The van der Waals surface area contributed by atoms with Gasteiger partial charge in [-0.1, -0.05) is 30.7 Å². The molecular weight excluding hydrogens is 483 g/mol. The number of amides is 2. The van der Waals surface area contributed by atoms with Gasteiger partial charge in [-0.3, -0.25) is 9.59 Å². The maximum Gasteiger partial charge on any atom is 0.252 e. The Morgan fingerprint density at radius 1 is 1.08 bits per heavy atom. The third-order valence-electron chi connectivity index (χ3n) is 7.21. The van der Waals surface area contributed by atoms with Gasteiger partial charge in [0.15, 0.2) is 0 Å². The zero-order valence-electron chi connectivity index (χ0n) is 21.0. The van der Waals surface area contributed by atoms with Crippen LogP contribution in [0.5, 0.6) is 5.75 Å². The normalized spacial score (nSPS) is 19.9. The van der Waals surface area contributed by atoms with Crippen molar-refractivity contribution in [2.24, 2.45) is 0 Å². The molecule has 2 atom stereocenters. The van der Waals surface area contributed by atoms with Gasteiger partial charge in [0.1, 0.15) is 17.6 Å². The van der Waals surface area contributed by atoms with Crippen LogP contribution in [0, 0.1) is 5.82 Å². The van der Waals surface area contributed by atoms with E-state index >= 15 is 0 Å². The molecule has 0 aromatic heterocycles. The monoisotopic (exact) mass is 517 g/mol. The number of nitrogens with one attached hydrogen (secondary N) is 2. The SMILES string of the molecule is COc1ccc(CCC(=O)N(C2CC(F)(F)C2)C(C(=O)NCc2ccc(F)cc2)C2CCCCN2)cc1. The van der Waals surface area contributed by atoms with Gasteiger partial charge in [0.2, 0.25) is 11.8 Å². The highest BCUT2D eigenvalue weighted by Crippen LogP contribution is 2.42. The molecule has 1 saturated heterocycles. The number of methoxy groups -OCH3 is 1. The van der Waals surface area contributed by atoms with Gasteiger partial charge in [-0.2, -0.15) is 0 Å². The van der Waals surface area contributed by atoms with Gasteiger partial charge < -0.3 is 20.3 Å². The van der Waals surface area contributed by atoms with Crippen LogP contribution in [0.15, 0.2) is 48.5 Å². The Labute approximate surface area is 215 Å². The van der Waals surface area contributed by atoms with E-state index in [1.807, 2.05) is 24.3 Å². The third kappa shape index (κ3) is 7.03. The summed E-state index contributed by atoms with van der Waals surface area (Å²) in [6.45, 7) is 0.845. The van der Waals surface area contributed by atoms with Crippen LogP contribution in [0.1, 0.15) is 49.7 Å². The Morgan fingerprint density at radius 3 is 2.35 bits per heavy atom. The second-order valence-electron chi connectivity index (χ2n) is 9.91. The van der Waals surface area contributed by atoms with Gasteiger partial charge >= 0.3 is 0 Å². The summed E-state index contributed by atoms with van der Waals surface area (Å²) in [5, 5.41) is 6.21. The van der Waals surface area contributed by atoms with Crippen molar-refractivity contribution < 1.29 is 27.5 Å². The lowest BCUT2D eigenvalue weighted by molar-refractivity contribution is -0.165. The van der Waals surface area contributed by atoms with Crippen molar-refractivity contribution in [1.82, 2.24) is 15.5 Å². The summed E-state index contributed by atoms with van der Waals surface area (Å²) in [6.07, 6.45) is 2.13. The van der Waals surface area contributed by atoms with E-state index in [2.05, 4.69) is 10.6 Å². The molecular formula is C28H34F3N3O3. The molecule has 6 nitrogen and oxygen atoms in total. The molecule has 1 heterocycles. The number of alkyl halides is 2. The summed E-state index contributed by atoms with van der Waals surface area (Å²) < 4.78 is 46.3. The second kappa shape index (κ2) is 12.0. The minimum absolute atomic E-state index is 0.100. The molecule has 4 rings (SSSR count). The summed E-state index contributed by atoms with van der Waals surface area (Å²) >= 11 is 0. The summed E-state index contributed by atoms with van der Waals surface area (Å²) in [4.78, 5) is 28.6. The topological polar surface area (TPSA) is 70.7 Å². The third-order valence-corrected chi connectivity index (χ3v) is 7.21. The minimum atomic E-state index is -2.84. The lowest BCUT2D eigenvalue weighted by atomic mass is 9.83. The Hall–Kier alpha value is -3.07. The molecule has 1 saturated carbocycles. The lowest BCUT2D eigenvalue weighted by Crippen LogP contribution is -2.66. The number of hydrogen-bond acceptors (Lipinski definition) is 4. The van der Waals surface area contributed by atoms with E-state index in [0.29, 0.717) is 30.7 Å². The van der Waals surface area contributed by atoms with Crippen molar-refractivity contribution in [3.63, 3.8) is 0 Å². The van der Waals surface area contributed by atoms with Gasteiger partial charge in [-0.15, -0.1) is 0 Å². The van der Waals surface area contributed by atoms with Crippen molar-refractivity contribution in [3.05, 3.63) is 65.5 Å². The van der Waals surface area contributed by atoms with Crippen LogP contribution in [0.4, 0.5) is 13.2 Å². The first-order chi connectivity index (χ1) is 17.8. The molecule has 37 heavy (non-hydrogen) atoms. The minimum Gasteiger partial charge on any atom is -0.497 e. The fourth-order valence-electron chi connectivity index (χ4n) is 5.13. The zero-order chi connectivity index (χ0) is 26.4. The average molecular weight is 518 g/mol. The van der Waals surface area contributed by atoms with Crippen molar-refractivity contribution in [2.75, 3.05) is 13.7 Å². The van der Waals surface area contributed by atoms with Gasteiger partial charge in [-0.25, -0.2) is 13.2 Å². The van der Waals surface area contributed by atoms with E-state index in [-0.39, 0.29) is 30.7 Å². The van der Waals surface area contributed by atoms with Crippen molar-refractivity contribution in [1.29, 1.82) is 0 Å². The zero-order valence-corrected chi connectivity index (χ0v) is 21.0. The molecule has 2 amide bonds. The van der Waals surface area contributed by atoms with Crippen molar-refractivity contribution in [2.45, 2.75) is 75.5 Å². The van der Waals surface area contributed by atoms with Crippen LogP contribution in [0.2, 0.25) is 0 Å². The van der Waals surface area contributed by atoms with E-state index in [4.69, 9.17) is 4.74 Å². The molecule has 2 N–H and O–H groups in total. The number of carbonyl (C=O) groups excluding carboxylic acids is 2. The molecule has 200 valence electrons. The molecule has 2 aromatic rings. The van der Waals surface area contributed by atoms with Crippen molar-refractivity contribution in [3.8, 4) is 5.75 Å². The number of aryl methyl sites for hydroxylation is 1. The van der Waals surface area contributed by atoms with Crippen LogP contribution in [0.3, 0.4) is 0 Å². The van der Waals surface area contributed by atoms with Crippen LogP contribution < -0.4 is 15.4 Å². The largest absolute Gasteiger partial charge is 0.497 e. The molecule has 1 aliphatic heterocycles. The smallest absolute Gasteiger partial charge is 0.252 e. The van der Waals surface area contributed by atoms with E-state index in [9.17, 15) is 22.8 Å². The first kappa shape index (κ1) is 27.0. The molecule has 2 aromatic carbocycles. The maximum absolute atomic E-state index is 13.9. The Balaban J connectivity index is 1.53. The Morgan fingerprint density at radius 2 is 1.76 bits per heavy atom. The number of nitrogens with zero attached hydrogens (tertiary/aromatic N) is 1. The molecule has 1 aliphatic carbocycles.